The number of pyridine rings is 1. The molecular formula is C25H30ClN5O7S. The second-order valence-electron chi connectivity index (χ2n) is 8.79. The van der Waals surface area contributed by atoms with Crippen molar-refractivity contribution in [3.8, 4) is 23.1 Å². The molecule has 3 N–H and O–H groups in total. The molecule has 39 heavy (non-hydrogen) atoms. The zero-order valence-electron chi connectivity index (χ0n) is 21.7. The monoisotopic (exact) mass is 579 g/mol. The highest BCUT2D eigenvalue weighted by Gasteiger charge is 2.29. The van der Waals surface area contributed by atoms with Gasteiger partial charge in [-0.25, -0.2) is 9.97 Å². The third kappa shape index (κ3) is 7.05. The number of nitrogens with zero attached hydrogens (tertiary/aromatic N) is 3. The molecule has 3 aromatic rings. The lowest BCUT2D eigenvalue weighted by Crippen LogP contribution is -2.34. The summed E-state index contributed by atoms with van der Waals surface area (Å²) in [6.07, 6.45) is 0.923. The number of methoxy groups -OCH3 is 1. The molecule has 0 amide bonds. The van der Waals surface area contributed by atoms with Crippen molar-refractivity contribution in [1.82, 2.24) is 20.3 Å². The van der Waals surface area contributed by atoms with E-state index < -0.39 is 16.1 Å². The summed E-state index contributed by atoms with van der Waals surface area (Å²) in [5, 5.41) is 12.6. The van der Waals surface area contributed by atoms with Crippen LogP contribution in [0.2, 0.25) is 5.02 Å². The summed E-state index contributed by atoms with van der Waals surface area (Å²) in [6.45, 7) is 4.94. The fourth-order valence-corrected chi connectivity index (χ4v) is 4.69. The molecule has 2 aromatic heterocycles. The van der Waals surface area contributed by atoms with Gasteiger partial charge in [0.1, 0.15) is 24.2 Å². The van der Waals surface area contributed by atoms with Gasteiger partial charge in [0, 0.05) is 25.4 Å². The van der Waals surface area contributed by atoms with Crippen LogP contribution in [0.25, 0.3) is 0 Å². The summed E-state index contributed by atoms with van der Waals surface area (Å²) >= 11 is 6.36. The van der Waals surface area contributed by atoms with Crippen LogP contribution in [0.5, 0.6) is 23.1 Å². The Hall–Kier alpha value is -3.23. The summed E-state index contributed by atoms with van der Waals surface area (Å²) in [5.74, 6) is 0.390. The van der Waals surface area contributed by atoms with Crippen molar-refractivity contribution in [2.24, 2.45) is 0 Å². The molecule has 0 aliphatic carbocycles. The Morgan fingerprint density at radius 1 is 1.26 bits per heavy atom. The molecule has 0 spiro atoms. The Kier molecular flexibility index (Phi) is 9.40. The van der Waals surface area contributed by atoms with Crippen LogP contribution in [0, 0.1) is 0 Å². The van der Waals surface area contributed by atoms with Crippen LogP contribution in [0.4, 0.5) is 5.82 Å². The van der Waals surface area contributed by atoms with E-state index in [0.717, 1.165) is 5.56 Å². The van der Waals surface area contributed by atoms with E-state index in [1.54, 1.807) is 18.2 Å². The Balaban J connectivity index is 1.82. The van der Waals surface area contributed by atoms with Crippen LogP contribution in [-0.4, -0.2) is 68.5 Å². The first-order chi connectivity index (χ1) is 18.7. The van der Waals surface area contributed by atoms with E-state index in [1.165, 1.54) is 25.4 Å². The van der Waals surface area contributed by atoms with E-state index >= 15 is 0 Å². The van der Waals surface area contributed by atoms with Crippen molar-refractivity contribution in [2.75, 3.05) is 44.7 Å². The smallest absolute Gasteiger partial charge is 0.280 e. The van der Waals surface area contributed by atoms with Crippen LogP contribution in [0.15, 0.2) is 41.6 Å². The van der Waals surface area contributed by atoms with Crippen molar-refractivity contribution in [1.29, 1.82) is 0 Å². The zero-order chi connectivity index (χ0) is 28.0. The van der Waals surface area contributed by atoms with Gasteiger partial charge in [0.2, 0.25) is 5.75 Å². The zero-order valence-corrected chi connectivity index (χ0v) is 23.3. The summed E-state index contributed by atoms with van der Waals surface area (Å²) in [5.41, 5.74) is 0.886. The van der Waals surface area contributed by atoms with Crippen LogP contribution < -0.4 is 24.2 Å². The van der Waals surface area contributed by atoms with Gasteiger partial charge in [0.05, 0.1) is 25.3 Å². The third-order valence-electron chi connectivity index (χ3n) is 5.68. The summed E-state index contributed by atoms with van der Waals surface area (Å²) < 4.78 is 52.0. The first-order valence-electron chi connectivity index (χ1n) is 12.2. The molecule has 1 aromatic carbocycles. The molecule has 1 fully saturated rings. The Bertz CT molecular complexity index is 1380. The Labute approximate surface area is 231 Å². The SMILES string of the molecule is COc1ccc(Cl)c(Oc2c(NS(=O)(=O)c3ccc(C(C)C)cn3)nc(C3CNCCO3)nc2OCCO)c1. The molecule has 0 bridgehead atoms. The van der Waals surface area contributed by atoms with Gasteiger partial charge in [-0.05, 0) is 29.7 Å². The third-order valence-corrected chi connectivity index (χ3v) is 7.25. The number of benzene rings is 1. The van der Waals surface area contributed by atoms with E-state index in [2.05, 4.69) is 25.0 Å². The highest BCUT2D eigenvalue weighted by atomic mass is 35.5. The number of rotatable bonds is 11. The normalized spacial score (nSPS) is 15.7. The molecule has 1 saturated heterocycles. The number of ether oxygens (including phenoxy) is 4. The van der Waals surface area contributed by atoms with Gasteiger partial charge in [0.15, 0.2) is 16.7 Å². The number of sulfonamides is 1. The molecule has 210 valence electrons. The first-order valence-corrected chi connectivity index (χ1v) is 14.1. The first kappa shape index (κ1) is 28.8. The second kappa shape index (κ2) is 12.7. The maximum Gasteiger partial charge on any atom is 0.280 e. The minimum absolute atomic E-state index is 0.122. The van der Waals surface area contributed by atoms with Crippen molar-refractivity contribution in [2.45, 2.75) is 30.9 Å². The van der Waals surface area contributed by atoms with Gasteiger partial charge in [-0.3, -0.25) is 4.72 Å². The van der Waals surface area contributed by atoms with E-state index in [0.29, 0.717) is 25.4 Å². The highest BCUT2D eigenvalue weighted by molar-refractivity contribution is 7.92. The van der Waals surface area contributed by atoms with E-state index in [1.807, 2.05) is 13.8 Å². The van der Waals surface area contributed by atoms with Crippen molar-refractivity contribution >= 4 is 27.4 Å². The van der Waals surface area contributed by atoms with Crippen LogP contribution in [0.1, 0.15) is 37.3 Å². The number of hydrogen-bond acceptors (Lipinski definition) is 11. The topological polar surface area (TPSA) is 154 Å². The van der Waals surface area contributed by atoms with Crippen molar-refractivity contribution in [3.05, 3.63) is 52.9 Å². The van der Waals surface area contributed by atoms with E-state index in [9.17, 15) is 13.5 Å². The fraction of sp³-hybridized carbons (Fsp3) is 0.400. The predicted octanol–water partition coefficient (Wildman–Crippen LogP) is 3.28. The average molecular weight is 580 g/mol. The Morgan fingerprint density at radius 2 is 2.08 bits per heavy atom. The van der Waals surface area contributed by atoms with Crippen LogP contribution in [-0.2, 0) is 14.8 Å². The number of aliphatic hydroxyl groups is 1. The van der Waals surface area contributed by atoms with E-state index in [-0.39, 0.29) is 58.2 Å². The molecule has 1 aliphatic rings. The number of morpholine rings is 1. The largest absolute Gasteiger partial charge is 0.497 e. The number of hydrogen-bond donors (Lipinski definition) is 3. The van der Waals surface area contributed by atoms with Crippen LogP contribution >= 0.6 is 11.6 Å². The minimum Gasteiger partial charge on any atom is -0.497 e. The average Bonchev–Trinajstić information content (AvgIpc) is 2.94. The molecule has 0 radical (unpaired) electrons. The van der Waals surface area contributed by atoms with Crippen molar-refractivity contribution < 1.29 is 32.5 Å². The molecule has 3 heterocycles. The number of nitrogens with one attached hydrogen (secondary N) is 2. The molecule has 12 nitrogen and oxygen atoms in total. The molecule has 0 saturated carbocycles. The lowest BCUT2D eigenvalue weighted by Gasteiger charge is -2.24. The molecule has 4 rings (SSSR count). The fourth-order valence-electron chi connectivity index (χ4n) is 3.59. The van der Waals surface area contributed by atoms with Crippen LogP contribution in [0.3, 0.4) is 0 Å². The summed E-state index contributed by atoms with van der Waals surface area (Å²) in [7, 11) is -2.75. The predicted molar refractivity (Wildman–Crippen MR) is 143 cm³/mol. The van der Waals surface area contributed by atoms with Gasteiger partial charge in [0.25, 0.3) is 15.9 Å². The maximum atomic E-state index is 13.4. The molecule has 1 aliphatic heterocycles. The summed E-state index contributed by atoms with van der Waals surface area (Å²) in [6, 6.07) is 7.83. The van der Waals surface area contributed by atoms with Crippen molar-refractivity contribution in [3.63, 3.8) is 0 Å². The lowest BCUT2D eigenvalue weighted by molar-refractivity contribution is 0.0216. The standard InChI is InChI=1S/C25H30ClN5O7S/c1-15(2)16-4-7-21(28-13-16)39(33,34)31-24-22(38-19-12-17(35-3)5-6-18(19)26)25(37-11-9-32)30-23(29-24)20-14-27-8-10-36-20/h4-7,12-13,15,20,27,32H,8-11,14H2,1-3H3,(H,29,30,31). The quantitative estimate of drug-likeness (QED) is 0.306. The number of halogens is 1. The van der Waals surface area contributed by atoms with Gasteiger partial charge >= 0.3 is 0 Å². The maximum absolute atomic E-state index is 13.4. The summed E-state index contributed by atoms with van der Waals surface area (Å²) in [4.78, 5) is 13.0. The van der Waals surface area contributed by atoms with Gasteiger partial charge in [-0.1, -0.05) is 31.5 Å². The molecule has 1 unspecified atom stereocenters. The molecule has 1 atom stereocenters. The molecular weight excluding hydrogens is 550 g/mol. The number of anilines is 1. The number of aromatic nitrogens is 3. The molecule has 14 heteroatoms. The minimum atomic E-state index is -4.23. The van der Waals surface area contributed by atoms with Gasteiger partial charge in [-0.2, -0.15) is 13.4 Å². The van der Waals surface area contributed by atoms with E-state index in [4.69, 9.17) is 30.5 Å². The van der Waals surface area contributed by atoms with Gasteiger partial charge in [-0.15, -0.1) is 0 Å². The number of aliphatic hydroxyl groups excluding tert-OH is 1. The van der Waals surface area contributed by atoms with Gasteiger partial charge < -0.3 is 29.4 Å². The highest BCUT2D eigenvalue weighted by Crippen LogP contribution is 2.41. The lowest BCUT2D eigenvalue weighted by atomic mass is 10.1. The second-order valence-corrected chi connectivity index (χ2v) is 10.8. The Morgan fingerprint density at radius 3 is 2.72 bits per heavy atom.